The first-order valence-electron chi connectivity index (χ1n) is 6.04. The first kappa shape index (κ1) is 14.7. The van der Waals surface area contributed by atoms with E-state index in [0.717, 1.165) is 5.56 Å². The van der Waals surface area contributed by atoms with Gasteiger partial charge in [0.25, 0.3) is 0 Å². The van der Waals surface area contributed by atoms with E-state index in [4.69, 9.17) is 23.2 Å². The molecule has 0 aliphatic heterocycles. The molecule has 3 rings (SSSR count). The van der Waals surface area contributed by atoms with Crippen LogP contribution in [0.25, 0.3) is 22.3 Å². The van der Waals surface area contributed by atoms with Crippen molar-refractivity contribution in [1.82, 2.24) is 9.97 Å². The van der Waals surface area contributed by atoms with Crippen molar-refractivity contribution in [3.8, 4) is 11.4 Å². The Morgan fingerprint density at radius 3 is 2.57 bits per heavy atom. The largest absolute Gasteiger partial charge is 0.225 e. The maximum absolute atomic E-state index is 14.0. The number of hydrogen-bond donors (Lipinski definition) is 0. The topological polar surface area (TPSA) is 25.8 Å². The molecule has 0 spiro atoms. The summed E-state index contributed by atoms with van der Waals surface area (Å²) in [7, 11) is 0. The lowest BCUT2D eigenvalue weighted by Gasteiger charge is -2.08. The average Bonchev–Trinajstić information content (AvgIpc) is 2.41. The Morgan fingerprint density at radius 2 is 1.86 bits per heavy atom. The van der Waals surface area contributed by atoms with Gasteiger partial charge in [0, 0.05) is 15.1 Å². The molecule has 21 heavy (non-hydrogen) atoms. The van der Waals surface area contributed by atoms with Crippen LogP contribution in [0.2, 0.25) is 10.2 Å². The lowest BCUT2D eigenvalue weighted by atomic mass is 10.1. The molecule has 0 aliphatic carbocycles. The maximum Gasteiger partial charge on any atom is 0.161 e. The number of halogens is 4. The lowest BCUT2D eigenvalue weighted by Crippen LogP contribution is -1.95. The number of fused-ring (bicyclic) bond motifs is 1. The molecular formula is C15H8BrCl2FN2. The van der Waals surface area contributed by atoms with Crippen molar-refractivity contribution in [2.45, 2.75) is 6.92 Å². The van der Waals surface area contributed by atoms with Gasteiger partial charge in [0.15, 0.2) is 5.82 Å². The van der Waals surface area contributed by atoms with E-state index in [2.05, 4.69) is 25.9 Å². The number of nitrogens with zero attached hydrogens (tertiary/aromatic N) is 2. The van der Waals surface area contributed by atoms with Crippen molar-refractivity contribution in [1.29, 1.82) is 0 Å². The maximum atomic E-state index is 14.0. The molecule has 0 amide bonds. The molecule has 0 fully saturated rings. The van der Waals surface area contributed by atoms with Crippen molar-refractivity contribution >= 4 is 50.0 Å². The zero-order chi connectivity index (χ0) is 15.1. The van der Waals surface area contributed by atoms with Gasteiger partial charge in [-0.05, 0) is 58.7 Å². The third-order valence-corrected chi connectivity index (χ3v) is 4.16. The standard InChI is InChI=1S/C15H8BrCl2FN2/c1-7-4-8(6-9(17)5-7)15-20-13-11(19)3-2-10(16)12(13)14(18)21-15/h2-6H,1H3. The highest BCUT2D eigenvalue weighted by Crippen LogP contribution is 2.32. The van der Waals surface area contributed by atoms with Crippen LogP contribution in [0.3, 0.4) is 0 Å². The molecule has 0 saturated heterocycles. The van der Waals surface area contributed by atoms with Gasteiger partial charge in [-0.3, -0.25) is 0 Å². The number of aryl methyl sites for hydroxylation is 1. The van der Waals surface area contributed by atoms with Crippen LogP contribution in [-0.2, 0) is 0 Å². The highest BCUT2D eigenvalue weighted by Gasteiger charge is 2.14. The summed E-state index contributed by atoms with van der Waals surface area (Å²) in [5.41, 5.74) is 1.84. The summed E-state index contributed by atoms with van der Waals surface area (Å²) < 4.78 is 14.7. The van der Waals surface area contributed by atoms with Gasteiger partial charge >= 0.3 is 0 Å². The minimum Gasteiger partial charge on any atom is -0.225 e. The highest BCUT2D eigenvalue weighted by atomic mass is 79.9. The van der Waals surface area contributed by atoms with Crippen molar-refractivity contribution in [2.24, 2.45) is 0 Å². The summed E-state index contributed by atoms with van der Waals surface area (Å²) in [5, 5.41) is 1.22. The second kappa shape index (κ2) is 5.52. The van der Waals surface area contributed by atoms with E-state index in [1.165, 1.54) is 6.07 Å². The van der Waals surface area contributed by atoms with Gasteiger partial charge in [-0.25, -0.2) is 14.4 Å². The van der Waals surface area contributed by atoms with Gasteiger partial charge in [0.05, 0.1) is 5.39 Å². The predicted molar refractivity (Wildman–Crippen MR) is 87.4 cm³/mol. The predicted octanol–water partition coefficient (Wildman–Crippen LogP) is 5.81. The molecule has 1 aromatic heterocycles. The second-order valence-corrected chi connectivity index (χ2v) is 6.26. The third kappa shape index (κ3) is 2.76. The SMILES string of the molecule is Cc1cc(Cl)cc(-c2nc(Cl)c3c(Br)ccc(F)c3n2)c1. The molecule has 0 aliphatic rings. The zero-order valence-corrected chi connectivity index (χ0v) is 13.9. The molecule has 0 bridgehead atoms. The Balaban J connectivity index is 2.32. The summed E-state index contributed by atoms with van der Waals surface area (Å²) >= 11 is 15.6. The van der Waals surface area contributed by atoms with Crippen LogP contribution in [0.5, 0.6) is 0 Å². The summed E-state index contributed by atoms with van der Waals surface area (Å²) in [5.74, 6) is -0.104. The average molecular weight is 386 g/mol. The van der Waals surface area contributed by atoms with E-state index in [1.54, 1.807) is 12.1 Å². The molecular weight excluding hydrogens is 378 g/mol. The van der Waals surface area contributed by atoms with Crippen LogP contribution in [0.15, 0.2) is 34.8 Å². The fourth-order valence-corrected chi connectivity index (χ4v) is 3.30. The Bertz CT molecular complexity index is 848. The fourth-order valence-electron chi connectivity index (χ4n) is 2.12. The quantitative estimate of drug-likeness (QED) is 0.493. The molecule has 0 radical (unpaired) electrons. The molecule has 1 heterocycles. The molecule has 2 aromatic carbocycles. The molecule has 0 atom stereocenters. The van der Waals surface area contributed by atoms with Crippen molar-refractivity contribution < 1.29 is 4.39 Å². The van der Waals surface area contributed by atoms with Gasteiger partial charge < -0.3 is 0 Å². The van der Waals surface area contributed by atoms with Gasteiger partial charge in [0.1, 0.15) is 16.5 Å². The summed E-state index contributed by atoms with van der Waals surface area (Å²) in [4.78, 5) is 8.54. The second-order valence-electron chi connectivity index (χ2n) is 4.61. The summed E-state index contributed by atoms with van der Waals surface area (Å²) in [6.07, 6.45) is 0. The number of hydrogen-bond acceptors (Lipinski definition) is 2. The third-order valence-electron chi connectivity index (χ3n) is 3.01. The van der Waals surface area contributed by atoms with Crippen LogP contribution in [-0.4, -0.2) is 9.97 Å². The Labute approximate surface area is 139 Å². The molecule has 0 N–H and O–H groups in total. The van der Waals surface area contributed by atoms with E-state index in [-0.39, 0.29) is 10.7 Å². The van der Waals surface area contributed by atoms with Crippen LogP contribution >= 0.6 is 39.1 Å². The normalized spacial score (nSPS) is 11.1. The van der Waals surface area contributed by atoms with Gasteiger partial charge in [0.2, 0.25) is 0 Å². The van der Waals surface area contributed by atoms with E-state index in [1.807, 2.05) is 19.1 Å². The molecule has 3 aromatic rings. The van der Waals surface area contributed by atoms with Gasteiger partial charge in [-0.2, -0.15) is 0 Å². The molecule has 2 nitrogen and oxygen atoms in total. The van der Waals surface area contributed by atoms with E-state index >= 15 is 0 Å². The number of benzene rings is 2. The van der Waals surface area contributed by atoms with Crippen molar-refractivity contribution in [2.75, 3.05) is 0 Å². The number of rotatable bonds is 1. The minimum absolute atomic E-state index is 0.178. The minimum atomic E-state index is -0.447. The monoisotopic (exact) mass is 384 g/mol. The first-order valence-corrected chi connectivity index (χ1v) is 7.59. The zero-order valence-electron chi connectivity index (χ0n) is 10.8. The van der Waals surface area contributed by atoms with E-state index < -0.39 is 5.82 Å². The van der Waals surface area contributed by atoms with Crippen molar-refractivity contribution in [3.05, 3.63) is 56.4 Å². The van der Waals surface area contributed by atoms with Crippen LogP contribution in [0.4, 0.5) is 4.39 Å². The van der Waals surface area contributed by atoms with E-state index in [0.29, 0.717) is 26.3 Å². The molecule has 0 unspecified atom stereocenters. The van der Waals surface area contributed by atoms with Crippen LogP contribution < -0.4 is 0 Å². The molecule has 0 saturated carbocycles. The van der Waals surface area contributed by atoms with Crippen LogP contribution in [0, 0.1) is 12.7 Å². The Morgan fingerprint density at radius 1 is 1.10 bits per heavy atom. The fraction of sp³-hybridized carbons (Fsp3) is 0.0667. The van der Waals surface area contributed by atoms with Gasteiger partial charge in [-0.1, -0.05) is 23.2 Å². The molecule has 106 valence electrons. The summed E-state index contributed by atoms with van der Waals surface area (Å²) in [6.45, 7) is 1.91. The Kier molecular flexibility index (Phi) is 3.86. The highest BCUT2D eigenvalue weighted by molar-refractivity contribution is 9.10. The van der Waals surface area contributed by atoms with Gasteiger partial charge in [-0.15, -0.1) is 0 Å². The smallest absolute Gasteiger partial charge is 0.161 e. The lowest BCUT2D eigenvalue weighted by molar-refractivity contribution is 0.636. The Hall–Kier alpha value is -1.23. The molecule has 6 heteroatoms. The first-order chi connectivity index (χ1) is 9.95. The summed E-state index contributed by atoms with van der Waals surface area (Å²) in [6, 6.07) is 8.34. The van der Waals surface area contributed by atoms with E-state index in [9.17, 15) is 4.39 Å². The van der Waals surface area contributed by atoms with Crippen molar-refractivity contribution in [3.63, 3.8) is 0 Å². The van der Waals surface area contributed by atoms with Crippen LogP contribution in [0.1, 0.15) is 5.56 Å². The number of aromatic nitrogens is 2.